The molecular weight excluding hydrogens is 230 g/mol. The first-order chi connectivity index (χ1) is 8.63. The van der Waals surface area contributed by atoms with E-state index in [1.54, 1.807) is 0 Å². The summed E-state index contributed by atoms with van der Waals surface area (Å²) in [4.78, 5) is 25.5. The lowest BCUT2D eigenvalue weighted by atomic mass is 9.84. The van der Waals surface area contributed by atoms with Crippen molar-refractivity contribution in [2.24, 2.45) is 17.8 Å². The second-order valence-corrected chi connectivity index (χ2v) is 5.66. The van der Waals surface area contributed by atoms with Crippen molar-refractivity contribution < 1.29 is 14.7 Å². The topological polar surface area (TPSA) is 57.6 Å². The monoisotopic (exact) mass is 253 g/mol. The van der Waals surface area contributed by atoms with Gasteiger partial charge in [0.05, 0.1) is 11.8 Å². The van der Waals surface area contributed by atoms with Gasteiger partial charge in [-0.1, -0.05) is 12.8 Å². The van der Waals surface area contributed by atoms with Gasteiger partial charge < -0.3 is 10.0 Å². The molecule has 0 spiro atoms. The average Bonchev–Trinajstić information content (AvgIpc) is 2.76. The number of amides is 1. The largest absolute Gasteiger partial charge is 0.481 e. The summed E-state index contributed by atoms with van der Waals surface area (Å²) in [6, 6.07) is 0. The van der Waals surface area contributed by atoms with Crippen LogP contribution in [0.1, 0.15) is 45.4 Å². The predicted octanol–water partition coefficient (Wildman–Crippen LogP) is 2.14. The number of hydrogen-bond acceptors (Lipinski definition) is 2. The normalized spacial score (nSPS) is 27.8. The SMILES string of the molecule is CCN(CC1CCC1)C(=O)C1CCCC1C(=O)O. The predicted molar refractivity (Wildman–Crippen MR) is 68.1 cm³/mol. The Hall–Kier alpha value is -1.06. The number of nitrogens with zero attached hydrogens (tertiary/aromatic N) is 1. The zero-order valence-electron chi connectivity index (χ0n) is 11.1. The standard InChI is InChI=1S/C14H23NO3/c1-2-15(9-10-5-3-6-10)13(16)11-7-4-8-12(11)14(17)18/h10-12H,2-9H2,1H3,(H,17,18). The maximum atomic E-state index is 12.4. The van der Waals surface area contributed by atoms with E-state index in [0.29, 0.717) is 18.9 Å². The highest BCUT2D eigenvalue weighted by Crippen LogP contribution is 2.34. The van der Waals surface area contributed by atoms with Crippen LogP contribution in [0.3, 0.4) is 0 Å². The molecule has 0 aromatic heterocycles. The molecule has 0 aromatic rings. The Morgan fingerprint density at radius 2 is 1.72 bits per heavy atom. The lowest BCUT2D eigenvalue weighted by Gasteiger charge is -2.33. The summed E-state index contributed by atoms with van der Waals surface area (Å²) in [6.45, 7) is 3.53. The Morgan fingerprint density at radius 1 is 1.11 bits per heavy atom. The Kier molecular flexibility index (Phi) is 4.25. The van der Waals surface area contributed by atoms with Crippen molar-refractivity contribution in [3.63, 3.8) is 0 Å². The third kappa shape index (κ3) is 2.68. The van der Waals surface area contributed by atoms with E-state index in [-0.39, 0.29) is 11.8 Å². The Bertz CT molecular complexity index is 325. The van der Waals surface area contributed by atoms with Crippen molar-refractivity contribution in [3.05, 3.63) is 0 Å². The molecule has 2 atom stereocenters. The molecule has 2 saturated carbocycles. The summed E-state index contributed by atoms with van der Waals surface area (Å²) in [7, 11) is 0. The number of aliphatic carboxylic acids is 1. The second-order valence-electron chi connectivity index (χ2n) is 5.66. The molecule has 102 valence electrons. The smallest absolute Gasteiger partial charge is 0.307 e. The van der Waals surface area contributed by atoms with Crippen molar-refractivity contribution in [2.45, 2.75) is 45.4 Å². The van der Waals surface area contributed by atoms with Crippen molar-refractivity contribution in [3.8, 4) is 0 Å². The van der Waals surface area contributed by atoms with Gasteiger partial charge >= 0.3 is 5.97 Å². The van der Waals surface area contributed by atoms with Gasteiger partial charge in [0.25, 0.3) is 0 Å². The van der Waals surface area contributed by atoms with E-state index in [9.17, 15) is 9.59 Å². The van der Waals surface area contributed by atoms with Crippen molar-refractivity contribution in [2.75, 3.05) is 13.1 Å². The van der Waals surface area contributed by atoms with Gasteiger partial charge in [0, 0.05) is 13.1 Å². The van der Waals surface area contributed by atoms with E-state index in [4.69, 9.17) is 5.11 Å². The molecular formula is C14H23NO3. The van der Waals surface area contributed by atoms with Crippen LogP contribution in [0.2, 0.25) is 0 Å². The molecule has 2 fully saturated rings. The van der Waals surface area contributed by atoms with Gasteiger partial charge in [0.2, 0.25) is 5.91 Å². The van der Waals surface area contributed by atoms with Gasteiger partial charge in [-0.25, -0.2) is 0 Å². The molecule has 0 bridgehead atoms. The van der Waals surface area contributed by atoms with Gasteiger partial charge in [-0.05, 0) is 38.5 Å². The van der Waals surface area contributed by atoms with Crippen LogP contribution in [0.25, 0.3) is 0 Å². The Labute approximate surface area is 108 Å². The van der Waals surface area contributed by atoms with Crippen LogP contribution in [0, 0.1) is 17.8 Å². The van der Waals surface area contributed by atoms with Gasteiger partial charge in [0.1, 0.15) is 0 Å². The number of hydrogen-bond donors (Lipinski definition) is 1. The zero-order chi connectivity index (χ0) is 13.1. The van der Waals surface area contributed by atoms with E-state index >= 15 is 0 Å². The van der Waals surface area contributed by atoms with Crippen molar-refractivity contribution in [1.29, 1.82) is 0 Å². The fourth-order valence-electron chi connectivity index (χ4n) is 3.15. The summed E-state index contributed by atoms with van der Waals surface area (Å²) in [5, 5.41) is 9.16. The molecule has 2 aliphatic carbocycles. The number of carboxylic acid groups (broad SMARTS) is 1. The summed E-state index contributed by atoms with van der Waals surface area (Å²) in [5.41, 5.74) is 0. The molecule has 1 amide bonds. The first-order valence-electron chi connectivity index (χ1n) is 7.15. The van der Waals surface area contributed by atoms with E-state index < -0.39 is 11.9 Å². The van der Waals surface area contributed by atoms with Crippen LogP contribution in [0.5, 0.6) is 0 Å². The minimum absolute atomic E-state index is 0.0781. The highest BCUT2D eigenvalue weighted by molar-refractivity contribution is 5.85. The molecule has 4 heteroatoms. The minimum atomic E-state index is -0.800. The number of carbonyl (C=O) groups is 2. The number of rotatable bonds is 5. The third-order valence-electron chi connectivity index (χ3n) is 4.55. The molecule has 0 radical (unpaired) electrons. The van der Waals surface area contributed by atoms with Gasteiger partial charge in [-0.2, -0.15) is 0 Å². The molecule has 4 nitrogen and oxygen atoms in total. The number of carboxylic acids is 1. The van der Waals surface area contributed by atoms with Gasteiger partial charge in [0.15, 0.2) is 0 Å². The van der Waals surface area contributed by atoms with E-state index in [1.807, 2.05) is 11.8 Å². The second kappa shape index (κ2) is 5.72. The first-order valence-corrected chi connectivity index (χ1v) is 7.15. The molecule has 2 unspecified atom stereocenters. The van der Waals surface area contributed by atoms with Crippen LogP contribution in [0.15, 0.2) is 0 Å². The highest BCUT2D eigenvalue weighted by atomic mass is 16.4. The van der Waals surface area contributed by atoms with E-state index in [2.05, 4.69) is 0 Å². The fraction of sp³-hybridized carbons (Fsp3) is 0.857. The molecule has 18 heavy (non-hydrogen) atoms. The summed E-state index contributed by atoms with van der Waals surface area (Å²) in [6.07, 6.45) is 5.99. The highest BCUT2D eigenvalue weighted by Gasteiger charge is 2.39. The van der Waals surface area contributed by atoms with Gasteiger partial charge in [-0.3, -0.25) is 9.59 Å². The Morgan fingerprint density at radius 3 is 2.22 bits per heavy atom. The molecule has 2 aliphatic rings. The molecule has 0 aliphatic heterocycles. The number of carbonyl (C=O) groups excluding carboxylic acids is 1. The maximum absolute atomic E-state index is 12.4. The summed E-state index contributed by atoms with van der Waals surface area (Å²) < 4.78 is 0. The molecule has 1 N–H and O–H groups in total. The lowest BCUT2D eigenvalue weighted by Crippen LogP contribution is -2.42. The third-order valence-corrected chi connectivity index (χ3v) is 4.55. The fourth-order valence-corrected chi connectivity index (χ4v) is 3.15. The molecule has 0 saturated heterocycles. The van der Waals surface area contributed by atoms with Crippen LogP contribution < -0.4 is 0 Å². The first kappa shape index (κ1) is 13.4. The van der Waals surface area contributed by atoms with Crippen LogP contribution in [0.4, 0.5) is 0 Å². The van der Waals surface area contributed by atoms with Crippen LogP contribution in [-0.2, 0) is 9.59 Å². The lowest BCUT2D eigenvalue weighted by molar-refractivity contribution is -0.149. The van der Waals surface area contributed by atoms with E-state index in [0.717, 1.165) is 19.4 Å². The Balaban J connectivity index is 1.96. The quantitative estimate of drug-likeness (QED) is 0.816. The summed E-state index contributed by atoms with van der Waals surface area (Å²) >= 11 is 0. The van der Waals surface area contributed by atoms with Crippen molar-refractivity contribution in [1.82, 2.24) is 4.90 Å². The van der Waals surface area contributed by atoms with E-state index in [1.165, 1.54) is 19.3 Å². The van der Waals surface area contributed by atoms with Crippen LogP contribution >= 0.6 is 0 Å². The van der Waals surface area contributed by atoms with Crippen LogP contribution in [-0.4, -0.2) is 35.0 Å². The maximum Gasteiger partial charge on any atom is 0.307 e. The molecule has 2 rings (SSSR count). The molecule has 0 aromatic carbocycles. The van der Waals surface area contributed by atoms with Crippen molar-refractivity contribution >= 4 is 11.9 Å². The molecule has 0 heterocycles. The van der Waals surface area contributed by atoms with Gasteiger partial charge in [-0.15, -0.1) is 0 Å². The summed E-state index contributed by atoms with van der Waals surface area (Å²) in [5.74, 6) is -0.797. The average molecular weight is 253 g/mol. The zero-order valence-corrected chi connectivity index (χ0v) is 11.1. The minimum Gasteiger partial charge on any atom is -0.481 e.